The molecule has 0 spiro atoms. The number of hydrogen-bond donors (Lipinski definition) is 0. The number of carbonyl (C=O) groups excluding carboxylic acids is 1. The lowest BCUT2D eigenvalue weighted by Gasteiger charge is -2.28. The molecule has 0 saturated carbocycles. The molecule has 2 nitrogen and oxygen atoms in total. The number of carbonyl (C=O) groups is 1. The number of halogens is 3. The number of likely N-dealkylation sites (N-methyl/N-ethyl adjacent to an activating group) is 1. The fourth-order valence-electron chi connectivity index (χ4n) is 2.85. The fourth-order valence-corrected chi connectivity index (χ4v) is 3.11. The first-order valence-corrected chi connectivity index (χ1v) is 9.00. The van der Waals surface area contributed by atoms with E-state index in [9.17, 15) is 4.79 Å². The molecule has 0 aliphatic carbocycles. The Hall–Kier alpha value is -1.58. The first-order valence-electron chi connectivity index (χ1n) is 8.24. The number of rotatable bonds is 3. The molecule has 1 heterocycles. The molecule has 0 radical (unpaired) electrons. The van der Waals surface area contributed by atoms with Crippen molar-refractivity contribution in [2.24, 2.45) is 0 Å². The van der Waals surface area contributed by atoms with Gasteiger partial charge in [0.1, 0.15) is 0 Å². The lowest BCUT2D eigenvalue weighted by atomic mass is 9.94. The van der Waals surface area contributed by atoms with Gasteiger partial charge >= 0.3 is 0 Å². The van der Waals surface area contributed by atoms with E-state index in [2.05, 4.69) is 11.8 Å². The minimum Gasteiger partial charge on any atom is -0.295 e. The summed E-state index contributed by atoms with van der Waals surface area (Å²) in [5, 5.41) is 1.38. The third kappa shape index (κ3) is 5.21. The molecule has 0 bridgehead atoms. The molecule has 1 aliphatic rings. The van der Waals surface area contributed by atoms with Gasteiger partial charge in [0.25, 0.3) is 0 Å². The molecule has 0 N–H and O–H groups in total. The number of nitrogens with zero attached hydrogens (tertiary/aromatic N) is 1. The van der Waals surface area contributed by atoms with Crippen molar-refractivity contribution in [3.63, 3.8) is 0 Å². The van der Waals surface area contributed by atoms with Gasteiger partial charge in [-0.15, -0.1) is 12.4 Å². The standard InChI is InChI=1S/C21H19Cl2NO.ClH/c1-2-24-13-17(11-15-3-7-19(22)8-4-15)21(25)18(14-24)12-16-5-9-20(23)10-6-16;/h3-12H,2,13-14H2,1H3;1H/b17-11-,18-12+;. The molecular weight excluding hydrogens is 389 g/mol. The average molecular weight is 409 g/mol. The molecule has 0 aromatic heterocycles. The molecule has 2 aromatic rings. The summed E-state index contributed by atoms with van der Waals surface area (Å²) in [6.45, 7) is 4.32. The maximum Gasteiger partial charge on any atom is 0.187 e. The summed E-state index contributed by atoms with van der Waals surface area (Å²) < 4.78 is 0. The van der Waals surface area contributed by atoms with E-state index in [-0.39, 0.29) is 18.2 Å². The van der Waals surface area contributed by atoms with Crippen LogP contribution in [-0.4, -0.2) is 30.3 Å². The van der Waals surface area contributed by atoms with Gasteiger partial charge in [0.05, 0.1) is 0 Å². The molecule has 1 saturated heterocycles. The Morgan fingerprint density at radius 2 is 1.23 bits per heavy atom. The van der Waals surface area contributed by atoms with Crippen molar-refractivity contribution in [2.75, 3.05) is 19.6 Å². The number of piperidine rings is 1. The molecule has 3 rings (SSSR count). The molecule has 26 heavy (non-hydrogen) atoms. The lowest BCUT2D eigenvalue weighted by Crippen LogP contribution is -2.37. The Morgan fingerprint density at radius 3 is 1.58 bits per heavy atom. The Balaban J connectivity index is 0.00000243. The van der Waals surface area contributed by atoms with Crippen LogP contribution in [-0.2, 0) is 4.79 Å². The van der Waals surface area contributed by atoms with Crippen LogP contribution in [0.25, 0.3) is 12.2 Å². The van der Waals surface area contributed by atoms with E-state index in [1.54, 1.807) is 0 Å². The topological polar surface area (TPSA) is 20.3 Å². The van der Waals surface area contributed by atoms with E-state index in [1.807, 2.05) is 60.7 Å². The van der Waals surface area contributed by atoms with Gasteiger partial charge in [0.2, 0.25) is 0 Å². The number of likely N-dealkylation sites (tertiary alicyclic amines) is 1. The van der Waals surface area contributed by atoms with Gasteiger partial charge in [-0.2, -0.15) is 0 Å². The second-order valence-electron chi connectivity index (χ2n) is 6.07. The maximum absolute atomic E-state index is 12.9. The quantitative estimate of drug-likeness (QED) is 0.599. The van der Waals surface area contributed by atoms with E-state index in [0.29, 0.717) is 23.1 Å². The van der Waals surface area contributed by atoms with Crippen LogP contribution in [0.5, 0.6) is 0 Å². The number of hydrogen-bond acceptors (Lipinski definition) is 2. The third-order valence-corrected chi connectivity index (χ3v) is 4.74. The average Bonchev–Trinajstić information content (AvgIpc) is 2.62. The Bertz CT molecular complexity index is 756. The number of Topliss-reactive ketones (excluding diaryl/α,β-unsaturated/α-hetero) is 1. The van der Waals surface area contributed by atoms with E-state index in [1.165, 1.54) is 0 Å². The van der Waals surface area contributed by atoms with Crippen LogP contribution >= 0.6 is 35.6 Å². The monoisotopic (exact) mass is 407 g/mol. The maximum atomic E-state index is 12.9. The van der Waals surface area contributed by atoms with Gasteiger partial charge in [-0.05, 0) is 54.1 Å². The van der Waals surface area contributed by atoms with E-state index in [4.69, 9.17) is 23.2 Å². The highest BCUT2D eigenvalue weighted by Crippen LogP contribution is 2.23. The fraction of sp³-hybridized carbons (Fsp3) is 0.190. The second-order valence-corrected chi connectivity index (χ2v) is 6.95. The molecule has 2 aromatic carbocycles. The third-order valence-electron chi connectivity index (χ3n) is 4.24. The first kappa shape index (κ1) is 20.7. The highest BCUT2D eigenvalue weighted by atomic mass is 35.5. The summed E-state index contributed by atoms with van der Waals surface area (Å²) in [6.07, 6.45) is 3.91. The largest absolute Gasteiger partial charge is 0.295 e. The van der Waals surface area contributed by atoms with Crippen molar-refractivity contribution in [1.82, 2.24) is 4.90 Å². The Labute approximate surface area is 170 Å². The molecule has 1 fully saturated rings. The van der Waals surface area contributed by atoms with Crippen LogP contribution in [0.1, 0.15) is 18.1 Å². The van der Waals surface area contributed by atoms with E-state index < -0.39 is 0 Å². The Morgan fingerprint density at radius 1 is 0.846 bits per heavy atom. The van der Waals surface area contributed by atoms with Gasteiger partial charge in [-0.1, -0.05) is 54.4 Å². The SMILES string of the molecule is CCN1C/C(=C/c2ccc(Cl)cc2)C(=O)/C(=C/c2ccc(Cl)cc2)C1.Cl. The van der Waals surface area contributed by atoms with Crippen molar-refractivity contribution in [1.29, 1.82) is 0 Å². The van der Waals surface area contributed by atoms with Gasteiger partial charge in [0.15, 0.2) is 5.78 Å². The molecule has 0 unspecified atom stereocenters. The summed E-state index contributed by atoms with van der Waals surface area (Å²) in [7, 11) is 0. The van der Waals surface area contributed by atoms with Crippen LogP contribution in [0.4, 0.5) is 0 Å². The van der Waals surface area contributed by atoms with Gasteiger partial charge in [-0.25, -0.2) is 0 Å². The summed E-state index contributed by atoms with van der Waals surface area (Å²) >= 11 is 11.9. The van der Waals surface area contributed by atoms with Crippen molar-refractivity contribution in [2.45, 2.75) is 6.92 Å². The molecule has 0 amide bonds. The highest BCUT2D eigenvalue weighted by molar-refractivity contribution is 6.30. The van der Waals surface area contributed by atoms with Crippen molar-refractivity contribution >= 4 is 53.5 Å². The molecule has 0 atom stereocenters. The summed E-state index contributed by atoms with van der Waals surface area (Å²) in [5.41, 5.74) is 3.57. The summed E-state index contributed by atoms with van der Waals surface area (Å²) in [6, 6.07) is 15.1. The zero-order chi connectivity index (χ0) is 17.8. The van der Waals surface area contributed by atoms with Crippen molar-refractivity contribution in [3.05, 3.63) is 80.8 Å². The van der Waals surface area contributed by atoms with Crippen LogP contribution in [0.15, 0.2) is 59.7 Å². The number of ketones is 1. The zero-order valence-electron chi connectivity index (χ0n) is 14.4. The van der Waals surface area contributed by atoms with Crippen molar-refractivity contribution < 1.29 is 4.79 Å². The molecular formula is C21H20Cl3NO. The van der Waals surface area contributed by atoms with Crippen LogP contribution in [0, 0.1) is 0 Å². The Kier molecular flexibility index (Phi) is 7.48. The minimum atomic E-state index is 0. The lowest BCUT2D eigenvalue weighted by molar-refractivity contribution is -0.113. The molecule has 5 heteroatoms. The first-order chi connectivity index (χ1) is 12.0. The normalized spacial score (nSPS) is 18.2. The predicted octanol–water partition coefficient (Wildman–Crippen LogP) is 5.79. The van der Waals surface area contributed by atoms with Crippen molar-refractivity contribution in [3.8, 4) is 0 Å². The van der Waals surface area contributed by atoms with Crippen LogP contribution in [0.3, 0.4) is 0 Å². The van der Waals surface area contributed by atoms with Gasteiger partial charge < -0.3 is 0 Å². The van der Waals surface area contributed by atoms with Gasteiger partial charge in [0, 0.05) is 34.3 Å². The zero-order valence-corrected chi connectivity index (χ0v) is 16.7. The van der Waals surface area contributed by atoms with Crippen LogP contribution in [0.2, 0.25) is 10.0 Å². The van der Waals surface area contributed by atoms with E-state index >= 15 is 0 Å². The minimum absolute atomic E-state index is 0. The summed E-state index contributed by atoms with van der Waals surface area (Å²) in [5.74, 6) is 0.106. The molecule has 1 aliphatic heterocycles. The molecule has 136 valence electrons. The second kappa shape index (κ2) is 9.38. The van der Waals surface area contributed by atoms with Gasteiger partial charge in [-0.3, -0.25) is 9.69 Å². The number of benzene rings is 2. The predicted molar refractivity (Wildman–Crippen MR) is 113 cm³/mol. The van der Waals surface area contributed by atoms with E-state index in [0.717, 1.165) is 28.8 Å². The van der Waals surface area contributed by atoms with Crippen LogP contribution < -0.4 is 0 Å². The smallest absolute Gasteiger partial charge is 0.187 e. The highest BCUT2D eigenvalue weighted by Gasteiger charge is 2.25. The summed E-state index contributed by atoms with van der Waals surface area (Å²) in [4.78, 5) is 15.2.